The number of hydrogen-bond acceptors (Lipinski definition) is 7. The standard InChI is InChI=1S/C27H37N5O4S/c1-3-21(25(33)29-17-11-7-8-12-17)32(19-13-15-20(36-2)16-14-19)27(35)24-22(28)23(31-37-24)26(34)30-18-9-5-4-6-10-18/h13-18,21H,3-12,28H2,1-2H3,(H,29,33)(H,30,34)/t21-/m1/s1. The van der Waals surface area contributed by atoms with Crippen LogP contribution in [0.3, 0.4) is 0 Å². The van der Waals surface area contributed by atoms with Crippen molar-refractivity contribution < 1.29 is 19.1 Å². The maximum absolute atomic E-state index is 14.0. The number of ether oxygens (including phenoxy) is 1. The normalized spacial score (nSPS) is 17.2. The highest BCUT2D eigenvalue weighted by Crippen LogP contribution is 2.30. The Morgan fingerprint density at radius 1 is 1.03 bits per heavy atom. The first-order valence-electron chi connectivity index (χ1n) is 13.3. The number of nitrogen functional groups attached to an aromatic ring is 1. The Labute approximate surface area is 222 Å². The number of anilines is 2. The van der Waals surface area contributed by atoms with Crippen LogP contribution in [-0.4, -0.2) is 47.3 Å². The number of nitrogens with one attached hydrogen (secondary N) is 2. The Morgan fingerprint density at radius 2 is 1.62 bits per heavy atom. The molecule has 9 nitrogen and oxygen atoms in total. The topological polar surface area (TPSA) is 127 Å². The van der Waals surface area contributed by atoms with Crippen LogP contribution in [0.1, 0.15) is 91.3 Å². The van der Waals surface area contributed by atoms with Gasteiger partial charge in [0.1, 0.15) is 16.7 Å². The van der Waals surface area contributed by atoms with Crippen LogP contribution in [0.5, 0.6) is 5.75 Å². The van der Waals surface area contributed by atoms with E-state index in [2.05, 4.69) is 15.0 Å². The van der Waals surface area contributed by atoms with Gasteiger partial charge in [0.2, 0.25) is 5.91 Å². The first kappa shape index (κ1) is 26.9. The summed E-state index contributed by atoms with van der Waals surface area (Å²) >= 11 is 0.894. The summed E-state index contributed by atoms with van der Waals surface area (Å²) in [4.78, 5) is 41.9. The van der Waals surface area contributed by atoms with Crippen molar-refractivity contribution in [3.05, 3.63) is 34.8 Å². The molecule has 2 aliphatic rings. The summed E-state index contributed by atoms with van der Waals surface area (Å²) in [6.45, 7) is 1.88. The highest BCUT2D eigenvalue weighted by Gasteiger charge is 2.35. The summed E-state index contributed by atoms with van der Waals surface area (Å²) in [5, 5.41) is 6.14. The molecule has 4 rings (SSSR count). The lowest BCUT2D eigenvalue weighted by atomic mass is 9.95. The number of nitrogens with zero attached hydrogens (tertiary/aromatic N) is 2. The lowest BCUT2D eigenvalue weighted by molar-refractivity contribution is -0.123. The SMILES string of the molecule is CC[C@H](C(=O)NC1CCCC1)N(C(=O)c1snc(C(=O)NC2CCCCC2)c1N)c1ccc(OC)cc1. The van der Waals surface area contributed by atoms with Crippen LogP contribution >= 0.6 is 11.5 Å². The smallest absolute Gasteiger partial charge is 0.273 e. The number of nitrogens with two attached hydrogens (primary N) is 1. The van der Waals surface area contributed by atoms with E-state index in [4.69, 9.17) is 10.5 Å². The molecule has 0 bridgehead atoms. The Hall–Kier alpha value is -3.14. The predicted octanol–water partition coefficient (Wildman–Crippen LogP) is 4.28. The van der Waals surface area contributed by atoms with Gasteiger partial charge >= 0.3 is 0 Å². The molecule has 4 N–H and O–H groups in total. The second-order valence-corrected chi connectivity index (χ2v) is 10.6. The fraction of sp³-hybridized carbons (Fsp3) is 0.556. The monoisotopic (exact) mass is 527 g/mol. The van der Waals surface area contributed by atoms with Gasteiger partial charge in [0.05, 0.1) is 12.8 Å². The largest absolute Gasteiger partial charge is 0.497 e. The van der Waals surface area contributed by atoms with E-state index < -0.39 is 11.9 Å². The Balaban J connectivity index is 1.61. The molecule has 2 aliphatic carbocycles. The van der Waals surface area contributed by atoms with Crippen LogP contribution in [0.15, 0.2) is 24.3 Å². The first-order chi connectivity index (χ1) is 17.9. The van der Waals surface area contributed by atoms with Gasteiger partial charge in [-0.3, -0.25) is 19.3 Å². The van der Waals surface area contributed by atoms with Crippen LogP contribution in [0.2, 0.25) is 0 Å². The van der Waals surface area contributed by atoms with Crippen molar-refractivity contribution in [1.29, 1.82) is 0 Å². The molecule has 0 saturated heterocycles. The van der Waals surface area contributed by atoms with Crippen LogP contribution < -0.4 is 26.0 Å². The van der Waals surface area contributed by atoms with Crippen LogP contribution in [0.4, 0.5) is 11.4 Å². The van der Waals surface area contributed by atoms with E-state index in [0.717, 1.165) is 62.9 Å². The van der Waals surface area contributed by atoms with E-state index in [0.29, 0.717) is 17.9 Å². The maximum atomic E-state index is 14.0. The van der Waals surface area contributed by atoms with Gasteiger partial charge < -0.3 is 21.1 Å². The second kappa shape index (κ2) is 12.4. The highest BCUT2D eigenvalue weighted by atomic mass is 32.1. The molecule has 1 atom stereocenters. The van der Waals surface area contributed by atoms with Crippen LogP contribution in [-0.2, 0) is 4.79 Å². The van der Waals surface area contributed by atoms with Gasteiger partial charge in [0.15, 0.2) is 5.69 Å². The Kier molecular flexibility index (Phi) is 9.02. The highest BCUT2D eigenvalue weighted by molar-refractivity contribution is 7.09. The molecule has 0 spiro atoms. The summed E-state index contributed by atoms with van der Waals surface area (Å²) in [6, 6.07) is 6.46. The van der Waals surface area contributed by atoms with Crippen molar-refractivity contribution in [2.75, 3.05) is 17.7 Å². The number of amides is 3. The minimum absolute atomic E-state index is 0.0490. The van der Waals surface area contributed by atoms with E-state index in [1.807, 2.05) is 6.92 Å². The lowest BCUT2D eigenvalue weighted by Crippen LogP contribution is -2.51. The second-order valence-electron chi connectivity index (χ2n) is 9.87. The molecule has 37 heavy (non-hydrogen) atoms. The van der Waals surface area contributed by atoms with Gasteiger partial charge in [-0.05, 0) is 67.9 Å². The molecule has 10 heteroatoms. The van der Waals surface area contributed by atoms with Crippen molar-refractivity contribution in [3.63, 3.8) is 0 Å². The lowest BCUT2D eigenvalue weighted by Gasteiger charge is -2.31. The average Bonchev–Trinajstić information content (AvgIpc) is 3.57. The molecule has 0 unspecified atom stereocenters. The third-order valence-electron chi connectivity index (χ3n) is 7.35. The number of aromatic nitrogens is 1. The van der Waals surface area contributed by atoms with Crippen molar-refractivity contribution >= 4 is 40.6 Å². The number of methoxy groups -OCH3 is 1. The first-order valence-corrected chi connectivity index (χ1v) is 14.0. The molecule has 2 fully saturated rings. The van der Waals surface area contributed by atoms with Gasteiger partial charge in [0.25, 0.3) is 11.8 Å². The average molecular weight is 528 g/mol. The van der Waals surface area contributed by atoms with Gasteiger partial charge in [-0.15, -0.1) is 0 Å². The summed E-state index contributed by atoms with van der Waals surface area (Å²) in [6.07, 6.45) is 9.68. The zero-order chi connectivity index (χ0) is 26.4. The third-order valence-corrected chi connectivity index (χ3v) is 8.20. The fourth-order valence-electron chi connectivity index (χ4n) is 5.26. The van der Waals surface area contributed by atoms with Gasteiger partial charge in [0, 0.05) is 17.8 Å². The van der Waals surface area contributed by atoms with Crippen molar-refractivity contribution in [2.24, 2.45) is 0 Å². The molecular weight excluding hydrogens is 490 g/mol. The molecule has 200 valence electrons. The Bertz CT molecular complexity index is 1090. The van der Waals surface area contributed by atoms with E-state index >= 15 is 0 Å². The van der Waals surface area contributed by atoms with Crippen LogP contribution in [0.25, 0.3) is 0 Å². The van der Waals surface area contributed by atoms with Crippen molar-refractivity contribution in [2.45, 2.75) is 89.3 Å². The minimum Gasteiger partial charge on any atom is -0.497 e. The summed E-state index contributed by atoms with van der Waals surface area (Å²) < 4.78 is 9.53. The van der Waals surface area contributed by atoms with E-state index in [1.54, 1.807) is 31.4 Å². The maximum Gasteiger partial charge on any atom is 0.273 e. The summed E-state index contributed by atoms with van der Waals surface area (Å²) in [5.41, 5.74) is 7.00. The zero-order valence-electron chi connectivity index (χ0n) is 21.6. The summed E-state index contributed by atoms with van der Waals surface area (Å²) in [5.74, 6) is -0.373. The minimum atomic E-state index is -0.748. The van der Waals surface area contributed by atoms with Gasteiger partial charge in [-0.1, -0.05) is 39.0 Å². The number of carbonyl (C=O) groups excluding carboxylic acids is 3. The third kappa shape index (κ3) is 6.23. The molecule has 1 aromatic carbocycles. The number of rotatable bonds is 9. The molecule has 1 heterocycles. The van der Waals surface area contributed by atoms with E-state index in [-0.39, 0.29) is 40.2 Å². The number of carbonyl (C=O) groups is 3. The molecule has 2 saturated carbocycles. The molecular formula is C27H37N5O4S. The fourth-order valence-corrected chi connectivity index (χ4v) is 5.99. The van der Waals surface area contributed by atoms with Gasteiger partial charge in [-0.25, -0.2) is 0 Å². The Morgan fingerprint density at radius 3 is 2.22 bits per heavy atom. The summed E-state index contributed by atoms with van der Waals surface area (Å²) in [7, 11) is 1.57. The van der Waals surface area contributed by atoms with E-state index in [1.165, 1.54) is 11.3 Å². The number of benzene rings is 1. The predicted molar refractivity (Wildman–Crippen MR) is 145 cm³/mol. The molecule has 1 aromatic heterocycles. The molecule has 2 aromatic rings. The molecule has 3 amide bonds. The van der Waals surface area contributed by atoms with E-state index in [9.17, 15) is 14.4 Å². The molecule has 0 aliphatic heterocycles. The van der Waals surface area contributed by atoms with Crippen LogP contribution in [0, 0.1) is 0 Å². The quantitative estimate of drug-likeness (QED) is 0.447. The molecule has 0 radical (unpaired) electrons. The zero-order valence-corrected chi connectivity index (χ0v) is 22.4. The van der Waals surface area contributed by atoms with Crippen molar-refractivity contribution in [3.8, 4) is 5.75 Å². The van der Waals surface area contributed by atoms with Gasteiger partial charge in [-0.2, -0.15) is 4.37 Å². The number of hydrogen-bond donors (Lipinski definition) is 3. The van der Waals surface area contributed by atoms with Crippen molar-refractivity contribution in [1.82, 2.24) is 15.0 Å².